The maximum atomic E-state index is 11.3. The van der Waals surface area contributed by atoms with Crippen molar-refractivity contribution < 1.29 is 9.28 Å². The number of rotatable bonds is 5. The van der Waals surface area contributed by atoms with Gasteiger partial charge in [-0.05, 0) is 13.0 Å². The maximum Gasteiger partial charge on any atom is 0.211 e. The molecule has 0 bridgehead atoms. The molecule has 2 N–H and O–H groups in total. The predicted octanol–water partition coefficient (Wildman–Crippen LogP) is 0.165. The molecule has 3 nitrogen and oxygen atoms in total. The molecule has 12 heavy (non-hydrogen) atoms. The van der Waals surface area contributed by atoms with Crippen molar-refractivity contribution in [2.75, 3.05) is 27.2 Å². The van der Waals surface area contributed by atoms with Gasteiger partial charge in [-0.2, -0.15) is 0 Å². The lowest BCUT2D eigenvalue weighted by Crippen LogP contribution is -2.53. The van der Waals surface area contributed by atoms with E-state index in [0.29, 0.717) is 11.0 Å². The lowest BCUT2D eigenvalue weighted by molar-refractivity contribution is -0.902. The van der Waals surface area contributed by atoms with Crippen LogP contribution in [0.3, 0.4) is 0 Å². The van der Waals surface area contributed by atoms with Crippen molar-refractivity contribution in [1.82, 2.24) is 0 Å². The fourth-order valence-electron chi connectivity index (χ4n) is 1.04. The number of carbonyl (C=O) groups excluding carboxylic acids is 1. The van der Waals surface area contributed by atoms with Crippen LogP contribution in [0.1, 0.15) is 6.92 Å². The molecular formula is C9H19N2O+. The first-order chi connectivity index (χ1) is 5.45. The van der Waals surface area contributed by atoms with Crippen LogP contribution in [0.15, 0.2) is 12.7 Å². The zero-order valence-corrected chi connectivity index (χ0v) is 8.21. The highest BCUT2D eigenvalue weighted by molar-refractivity contribution is 5.92. The second-order valence-corrected chi connectivity index (χ2v) is 3.57. The number of hydrogen-bond acceptors (Lipinski definition) is 2. The van der Waals surface area contributed by atoms with Gasteiger partial charge in [0, 0.05) is 6.54 Å². The number of carbonyl (C=O) groups is 1. The van der Waals surface area contributed by atoms with Gasteiger partial charge in [-0.15, -0.1) is 0 Å². The summed E-state index contributed by atoms with van der Waals surface area (Å²) in [6.45, 7) is 6.77. The van der Waals surface area contributed by atoms with E-state index >= 15 is 0 Å². The molecule has 1 unspecified atom stereocenters. The van der Waals surface area contributed by atoms with Crippen LogP contribution < -0.4 is 5.73 Å². The van der Waals surface area contributed by atoms with E-state index < -0.39 is 0 Å². The fraction of sp³-hybridized carbons (Fsp3) is 0.667. The third-order valence-electron chi connectivity index (χ3n) is 2.37. The van der Waals surface area contributed by atoms with Crippen molar-refractivity contribution >= 4 is 5.78 Å². The minimum atomic E-state index is -0.0500. The number of nitrogens with two attached hydrogens (primary N) is 1. The van der Waals surface area contributed by atoms with Gasteiger partial charge in [0.1, 0.15) is 6.04 Å². The van der Waals surface area contributed by atoms with Crippen LogP contribution in [0.5, 0.6) is 0 Å². The van der Waals surface area contributed by atoms with Crippen LogP contribution in [0, 0.1) is 0 Å². The van der Waals surface area contributed by atoms with E-state index in [1.165, 1.54) is 6.08 Å². The largest absolute Gasteiger partial charge is 0.326 e. The molecule has 0 aliphatic carbocycles. The molecule has 0 rings (SSSR count). The lowest BCUT2D eigenvalue weighted by Gasteiger charge is -2.34. The van der Waals surface area contributed by atoms with Crippen LogP contribution in [0.2, 0.25) is 0 Å². The molecule has 1 atom stereocenters. The zero-order valence-electron chi connectivity index (χ0n) is 8.21. The molecule has 0 aromatic carbocycles. The monoisotopic (exact) mass is 171 g/mol. The molecule has 3 heteroatoms. The summed E-state index contributed by atoms with van der Waals surface area (Å²) in [7, 11) is 4.00. The summed E-state index contributed by atoms with van der Waals surface area (Å²) in [6.07, 6.45) is 1.38. The summed E-state index contributed by atoms with van der Waals surface area (Å²) in [5, 5.41) is 0. The molecule has 70 valence electrons. The van der Waals surface area contributed by atoms with Crippen molar-refractivity contribution in [2.24, 2.45) is 5.73 Å². The molecule has 0 aliphatic heterocycles. The number of nitrogens with zero attached hydrogens (tertiary/aromatic N) is 1. The van der Waals surface area contributed by atoms with Crippen LogP contribution in [-0.2, 0) is 4.79 Å². The summed E-state index contributed by atoms with van der Waals surface area (Å²) in [4.78, 5) is 11.3. The van der Waals surface area contributed by atoms with E-state index in [2.05, 4.69) is 6.58 Å². The number of quaternary nitrogens is 1. The number of likely N-dealkylation sites (N-methyl/N-ethyl adjacent to an activating group) is 1. The summed E-state index contributed by atoms with van der Waals surface area (Å²) in [6, 6.07) is -0.0500. The second-order valence-electron chi connectivity index (χ2n) is 3.57. The SMILES string of the molecule is C=CC(=O)C(C)[N+](C)(C)CCN. The lowest BCUT2D eigenvalue weighted by atomic mass is 10.1. The highest BCUT2D eigenvalue weighted by Gasteiger charge is 2.27. The van der Waals surface area contributed by atoms with Gasteiger partial charge in [0.2, 0.25) is 5.78 Å². The van der Waals surface area contributed by atoms with Crippen molar-refractivity contribution in [3.8, 4) is 0 Å². The van der Waals surface area contributed by atoms with E-state index in [1.54, 1.807) is 0 Å². The Balaban J connectivity index is 4.32. The Kier molecular flexibility index (Phi) is 4.13. The van der Waals surface area contributed by atoms with E-state index in [0.717, 1.165) is 6.54 Å². The Morgan fingerprint density at radius 2 is 2.17 bits per heavy atom. The van der Waals surface area contributed by atoms with E-state index in [9.17, 15) is 4.79 Å². The highest BCUT2D eigenvalue weighted by Crippen LogP contribution is 2.06. The molecule has 0 amide bonds. The summed E-state index contributed by atoms with van der Waals surface area (Å²) >= 11 is 0. The Bertz CT molecular complexity index is 175. The van der Waals surface area contributed by atoms with Crippen LogP contribution >= 0.6 is 0 Å². The molecule has 0 fully saturated rings. The van der Waals surface area contributed by atoms with Crippen molar-refractivity contribution in [2.45, 2.75) is 13.0 Å². The topological polar surface area (TPSA) is 43.1 Å². The molecule has 0 saturated heterocycles. The van der Waals surface area contributed by atoms with Gasteiger partial charge in [0.25, 0.3) is 0 Å². The Hall–Kier alpha value is -0.670. The fourth-order valence-corrected chi connectivity index (χ4v) is 1.04. The summed E-state index contributed by atoms with van der Waals surface area (Å²) < 4.78 is 0.626. The van der Waals surface area contributed by atoms with Gasteiger partial charge in [-0.25, -0.2) is 0 Å². The van der Waals surface area contributed by atoms with Gasteiger partial charge in [-0.3, -0.25) is 4.79 Å². The van der Waals surface area contributed by atoms with Crippen LogP contribution in [0.25, 0.3) is 0 Å². The molecule has 0 spiro atoms. The maximum absolute atomic E-state index is 11.3. The van der Waals surface area contributed by atoms with E-state index in [4.69, 9.17) is 5.73 Å². The van der Waals surface area contributed by atoms with Gasteiger partial charge in [0.05, 0.1) is 20.6 Å². The Morgan fingerprint density at radius 1 is 1.67 bits per heavy atom. The molecular weight excluding hydrogens is 152 g/mol. The average Bonchev–Trinajstić information content (AvgIpc) is 2.01. The minimum Gasteiger partial charge on any atom is -0.326 e. The molecule has 0 radical (unpaired) electrons. The van der Waals surface area contributed by atoms with Crippen LogP contribution in [-0.4, -0.2) is 43.5 Å². The first-order valence-electron chi connectivity index (χ1n) is 4.14. The molecule has 0 aliphatic rings. The first kappa shape index (κ1) is 11.3. The number of ketones is 1. The molecule has 0 aromatic rings. The quantitative estimate of drug-likeness (QED) is 0.473. The van der Waals surface area contributed by atoms with Crippen LogP contribution in [0.4, 0.5) is 0 Å². The normalized spacial score (nSPS) is 14.0. The minimum absolute atomic E-state index is 0.0500. The summed E-state index contributed by atoms with van der Waals surface area (Å²) in [5.41, 5.74) is 5.44. The van der Waals surface area contributed by atoms with Gasteiger partial charge in [0.15, 0.2) is 0 Å². The number of hydrogen-bond donors (Lipinski definition) is 1. The average molecular weight is 171 g/mol. The standard InChI is InChI=1S/C9H19N2O/c1-5-9(12)8(2)11(3,4)7-6-10/h5,8H,1,6-7,10H2,2-4H3/q+1. The van der Waals surface area contributed by atoms with E-state index in [1.807, 2.05) is 21.0 Å². The molecule has 0 saturated carbocycles. The van der Waals surface area contributed by atoms with Gasteiger partial charge in [-0.1, -0.05) is 6.58 Å². The molecule has 0 aromatic heterocycles. The van der Waals surface area contributed by atoms with Crippen molar-refractivity contribution in [3.63, 3.8) is 0 Å². The van der Waals surface area contributed by atoms with Gasteiger partial charge < -0.3 is 10.2 Å². The molecule has 0 heterocycles. The third kappa shape index (κ3) is 2.75. The highest BCUT2D eigenvalue weighted by atomic mass is 16.1. The van der Waals surface area contributed by atoms with Gasteiger partial charge >= 0.3 is 0 Å². The van der Waals surface area contributed by atoms with Crippen molar-refractivity contribution in [3.05, 3.63) is 12.7 Å². The zero-order chi connectivity index (χ0) is 9.78. The van der Waals surface area contributed by atoms with E-state index in [-0.39, 0.29) is 11.8 Å². The predicted molar refractivity (Wildman–Crippen MR) is 50.7 cm³/mol. The smallest absolute Gasteiger partial charge is 0.211 e. The third-order valence-corrected chi connectivity index (χ3v) is 2.37. The Morgan fingerprint density at radius 3 is 2.50 bits per heavy atom. The second kappa shape index (κ2) is 4.38. The first-order valence-corrected chi connectivity index (χ1v) is 4.14. The summed E-state index contributed by atoms with van der Waals surface area (Å²) in [5.74, 6) is 0.0773. The Labute approximate surface area is 74.4 Å². The van der Waals surface area contributed by atoms with Crippen molar-refractivity contribution in [1.29, 1.82) is 0 Å².